The van der Waals surface area contributed by atoms with Gasteiger partial charge >= 0.3 is 13.5 Å². The average molecular weight is 691 g/mol. The largest absolute Gasteiger partial charge is 0.472 e. The van der Waals surface area contributed by atoms with Gasteiger partial charge in [-0.2, -0.15) is 16.2 Å². The molecule has 260 valence electrons. The molecule has 0 amide bonds. The maximum atomic E-state index is 13.6. The van der Waals surface area contributed by atoms with Crippen molar-refractivity contribution in [1.29, 1.82) is 0 Å². The summed E-state index contributed by atoms with van der Waals surface area (Å²) in [6.07, 6.45) is 11.9. The summed E-state index contributed by atoms with van der Waals surface area (Å²) in [5.74, 6) is 0.105. The summed E-state index contributed by atoms with van der Waals surface area (Å²) in [7, 11) is -4.44. The number of hydrogen-bond donors (Lipinski definition) is 3. The number of ether oxygens (including phenoxy) is 1. The van der Waals surface area contributed by atoms with Gasteiger partial charge in [-0.1, -0.05) is 76.3 Å². The van der Waals surface area contributed by atoms with Crippen molar-refractivity contribution in [2.24, 2.45) is 0 Å². The molecular formula is C32H49F2N2O8PS. The first-order chi connectivity index (χ1) is 22.1. The lowest BCUT2D eigenvalue weighted by Crippen LogP contribution is -2.35. The Balaban J connectivity index is 1.13. The zero-order valence-corrected chi connectivity index (χ0v) is 28.3. The van der Waals surface area contributed by atoms with E-state index in [9.17, 15) is 32.9 Å². The van der Waals surface area contributed by atoms with Crippen LogP contribution in [-0.4, -0.2) is 56.0 Å². The molecule has 1 aliphatic heterocycles. The summed E-state index contributed by atoms with van der Waals surface area (Å²) in [5, 5.41) is 10.4. The van der Waals surface area contributed by atoms with Crippen LogP contribution < -0.4 is 11.2 Å². The summed E-state index contributed by atoms with van der Waals surface area (Å²) in [4.78, 5) is 35.2. The molecule has 1 saturated heterocycles. The summed E-state index contributed by atoms with van der Waals surface area (Å²) in [6, 6.07) is 6.81. The highest BCUT2D eigenvalue weighted by atomic mass is 32.2. The van der Waals surface area contributed by atoms with Gasteiger partial charge in [-0.3, -0.25) is 23.4 Å². The number of aromatic nitrogens is 2. The van der Waals surface area contributed by atoms with Crippen molar-refractivity contribution in [3.8, 4) is 0 Å². The van der Waals surface area contributed by atoms with Gasteiger partial charge in [0, 0.05) is 12.2 Å². The van der Waals surface area contributed by atoms with E-state index >= 15 is 0 Å². The summed E-state index contributed by atoms with van der Waals surface area (Å²) in [5.41, 5.74) is -0.860. The predicted molar refractivity (Wildman–Crippen MR) is 175 cm³/mol. The molecule has 3 rings (SSSR count). The lowest BCUT2D eigenvalue weighted by atomic mass is 10.0. The number of aliphatic hydroxyl groups excluding tert-OH is 1. The molecule has 3 N–H and O–H groups in total. The van der Waals surface area contributed by atoms with E-state index in [0.29, 0.717) is 11.9 Å². The van der Waals surface area contributed by atoms with E-state index in [1.165, 1.54) is 82.4 Å². The van der Waals surface area contributed by atoms with Crippen LogP contribution in [0.2, 0.25) is 0 Å². The van der Waals surface area contributed by atoms with E-state index in [1.54, 1.807) is 11.8 Å². The van der Waals surface area contributed by atoms with E-state index in [0.717, 1.165) is 36.0 Å². The lowest BCUT2D eigenvalue weighted by molar-refractivity contribution is -0.0765. The molecule has 0 saturated carbocycles. The zero-order valence-electron chi connectivity index (χ0n) is 26.6. The average Bonchev–Trinajstić information content (AvgIpc) is 3.40. The minimum Gasteiger partial charge on any atom is -0.390 e. The van der Waals surface area contributed by atoms with E-state index < -0.39 is 49.4 Å². The third kappa shape index (κ3) is 14.1. The number of aliphatic hydroxyl groups is 1. The SMILES string of the molecule is C[C@@H](OP(=O)(O)OCCSCCCCCCCCCCCCCCc1ccc(F)cc1)[C@H]1O[C@@H](n2cc(F)c(=O)[nH]c2=O)C[C@@H]1O. The molecule has 1 fully saturated rings. The second kappa shape index (κ2) is 20.5. The van der Waals surface area contributed by atoms with Gasteiger partial charge in [0.05, 0.1) is 25.0 Å². The van der Waals surface area contributed by atoms with Gasteiger partial charge in [-0.15, -0.1) is 0 Å². The molecule has 14 heteroatoms. The molecule has 0 bridgehead atoms. The first kappa shape index (κ1) is 38.6. The Morgan fingerprint density at radius 3 is 2.20 bits per heavy atom. The molecule has 1 unspecified atom stereocenters. The monoisotopic (exact) mass is 690 g/mol. The van der Waals surface area contributed by atoms with Gasteiger partial charge in [0.15, 0.2) is 0 Å². The van der Waals surface area contributed by atoms with Crippen LogP contribution in [0.5, 0.6) is 0 Å². The van der Waals surface area contributed by atoms with Crippen molar-refractivity contribution in [2.75, 3.05) is 18.1 Å². The third-order valence-corrected chi connectivity index (χ3v) is 10.2. The quantitative estimate of drug-likeness (QED) is 0.0865. The second-order valence-corrected chi connectivity index (χ2v) is 14.5. The maximum absolute atomic E-state index is 13.6. The molecule has 10 nitrogen and oxygen atoms in total. The van der Waals surface area contributed by atoms with Gasteiger partial charge < -0.3 is 14.7 Å². The number of rotatable bonds is 23. The van der Waals surface area contributed by atoms with Crippen molar-refractivity contribution < 1.29 is 37.1 Å². The van der Waals surface area contributed by atoms with Crippen LogP contribution in [0.4, 0.5) is 8.78 Å². The van der Waals surface area contributed by atoms with E-state index in [1.807, 2.05) is 17.1 Å². The number of halogens is 2. The first-order valence-electron chi connectivity index (χ1n) is 16.4. The Hall–Kier alpha value is -1.86. The number of aromatic amines is 1. The van der Waals surface area contributed by atoms with Gasteiger partial charge in [-0.05, 0) is 49.6 Å². The molecule has 0 aliphatic carbocycles. The van der Waals surface area contributed by atoms with Crippen molar-refractivity contribution >= 4 is 19.6 Å². The first-order valence-corrected chi connectivity index (χ1v) is 19.0. The van der Waals surface area contributed by atoms with Crippen molar-refractivity contribution in [1.82, 2.24) is 9.55 Å². The third-order valence-electron chi connectivity index (χ3n) is 8.03. The van der Waals surface area contributed by atoms with Gasteiger partial charge in [0.2, 0.25) is 5.82 Å². The van der Waals surface area contributed by atoms with Crippen LogP contribution in [-0.2, 0) is 24.8 Å². The van der Waals surface area contributed by atoms with Crippen LogP contribution in [0.25, 0.3) is 0 Å². The smallest absolute Gasteiger partial charge is 0.390 e. The number of phosphoric acid groups is 1. The molecule has 1 aromatic carbocycles. The second-order valence-electron chi connectivity index (χ2n) is 11.8. The molecule has 0 radical (unpaired) electrons. The summed E-state index contributed by atoms with van der Waals surface area (Å²) >= 11 is 1.64. The number of unbranched alkanes of at least 4 members (excludes halogenated alkanes) is 11. The fraction of sp³-hybridized carbons (Fsp3) is 0.688. The predicted octanol–water partition coefficient (Wildman–Crippen LogP) is 6.64. The molecule has 2 heterocycles. The lowest BCUT2D eigenvalue weighted by Gasteiger charge is -2.24. The fourth-order valence-electron chi connectivity index (χ4n) is 5.51. The number of thioether (sulfide) groups is 1. The molecule has 46 heavy (non-hydrogen) atoms. The number of benzene rings is 1. The number of nitrogens with one attached hydrogen (secondary N) is 1. The Labute approximate surface area is 273 Å². The minimum atomic E-state index is -4.44. The van der Waals surface area contributed by atoms with E-state index in [-0.39, 0.29) is 18.8 Å². The molecule has 0 spiro atoms. The van der Waals surface area contributed by atoms with E-state index in [2.05, 4.69) is 0 Å². The Morgan fingerprint density at radius 1 is 0.978 bits per heavy atom. The Bertz CT molecular complexity index is 1330. The van der Waals surface area contributed by atoms with Crippen LogP contribution in [0.1, 0.15) is 102 Å². The zero-order chi connectivity index (χ0) is 33.4. The van der Waals surface area contributed by atoms with Gasteiger partial charge in [0.1, 0.15) is 18.1 Å². The number of aryl methyl sites for hydroxylation is 1. The van der Waals surface area contributed by atoms with Crippen LogP contribution in [0.15, 0.2) is 40.1 Å². The Kier molecular flexibility index (Phi) is 17.2. The van der Waals surface area contributed by atoms with Crippen molar-refractivity contribution in [2.45, 2.75) is 121 Å². The maximum Gasteiger partial charge on any atom is 0.472 e. The fourth-order valence-corrected chi connectivity index (χ4v) is 7.37. The number of phosphoric ester groups is 1. The minimum absolute atomic E-state index is 0.0160. The highest BCUT2D eigenvalue weighted by Crippen LogP contribution is 2.46. The topological polar surface area (TPSA) is 140 Å². The van der Waals surface area contributed by atoms with Gasteiger partial charge in [-0.25, -0.2) is 13.8 Å². The summed E-state index contributed by atoms with van der Waals surface area (Å²) in [6.45, 7) is 1.44. The van der Waals surface area contributed by atoms with Crippen molar-refractivity contribution in [3.05, 3.63) is 68.5 Å². The highest BCUT2D eigenvalue weighted by molar-refractivity contribution is 7.99. The molecule has 1 aliphatic rings. The van der Waals surface area contributed by atoms with Crippen molar-refractivity contribution in [3.63, 3.8) is 0 Å². The van der Waals surface area contributed by atoms with Crippen LogP contribution in [0, 0.1) is 11.6 Å². The standard InChI is InChI=1S/C32H49F2N2O8PS/c1-24(30-28(37)22-29(43-30)36-23-27(34)31(38)35-32(36)39)44-45(40,41)42-19-21-46-20-13-11-9-7-5-3-2-4-6-8-10-12-14-25-15-17-26(33)18-16-25/h15-18,23-24,28-30,37H,2-14,19-22H2,1H3,(H,40,41)(H,35,38,39)/t24-,28+,29-,30-/m1/s1. The van der Waals surface area contributed by atoms with E-state index in [4.69, 9.17) is 13.8 Å². The Morgan fingerprint density at radius 2 is 1.57 bits per heavy atom. The van der Waals surface area contributed by atoms with Crippen LogP contribution in [0.3, 0.4) is 0 Å². The molecule has 5 atom stereocenters. The molecule has 2 aromatic rings. The number of nitrogens with zero attached hydrogens (tertiary/aromatic N) is 1. The molecule has 1 aromatic heterocycles. The highest BCUT2D eigenvalue weighted by Gasteiger charge is 2.42. The molecular weight excluding hydrogens is 641 g/mol. The number of H-pyrrole nitrogens is 1. The number of hydrogen-bond acceptors (Lipinski definition) is 8. The van der Waals surface area contributed by atoms with Gasteiger partial charge in [0.25, 0.3) is 5.56 Å². The summed E-state index contributed by atoms with van der Waals surface area (Å²) < 4.78 is 55.6. The van der Waals surface area contributed by atoms with Crippen LogP contribution >= 0.6 is 19.6 Å². The normalized spacial score (nSPS) is 20.2.